The number of carbonyl (C=O) groups is 1. The zero-order chi connectivity index (χ0) is 14.8. The first-order valence-electron chi connectivity index (χ1n) is 6.15. The molecule has 0 atom stereocenters. The molecule has 1 amide bonds. The number of nitrogens with two attached hydrogens (primary N) is 1. The summed E-state index contributed by atoms with van der Waals surface area (Å²) in [5, 5.41) is 10.8. The van der Waals surface area contributed by atoms with Crippen LogP contribution in [0.4, 0.5) is 5.69 Å². The summed E-state index contributed by atoms with van der Waals surface area (Å²) in [5.41, 5.74) is 3.04. The second-order valence-corrected chi connectivity index (χ2v) is 6.40. The molecule has 0 saturated carbocycles. The van der Waals surface area contributed by atoms with Crippen molar-refractivity contribution in [1.82, 2.24) is 5.32 Å². The van der Waals surface area contributed by atoms with E-state index in [0.717, 1.165) is 24.2 Å². The summed E-state index contributed by atoms with van der Waals surface area (Å²) < 4.78 is 21.9. The molecule has 0 unspecified atom stereocenters. The van der Waals surface area contributed by atoms with Gasteiger partial charge in [0.2, 0.25) is 10.0 Å². The average Bonchev–Trinajstić information content (AvgIpc) is 2.27. The van der Waals surface area contributed by atoms with E-state index in [9.17, 15) is 13.2 Å². The van der Waals surface area contributed by atoms with Crippen LogP contribution in [0, 0.1) is 0 Å². The zero-order valence-corrected chi connectivity index (χ0v) is 12.0. The fraction of sp³-hybridized carbons (Fsp3) is 0.308. The Hall–Kier alpha value is -1.70. The first-order chi connectivity index (χ1) is 9.35. The van der Waals surface area contributed by atoms with Crippen LogP contribution in [0.3, 0.4) is 0 Å². The fourth-order valence-corrected chi connectivity index (χ4v) is 2.47. The van der Waals surface area contributed by atoms with Crippen molar-refractivity contribution in [2.24, 2.45) is 5.14 Å². The molecule has 1 heterocycles. The number of hydrogen-bond donors (Lipinski definition) is 3. The molecule has 1 aromatic rings. The van der Waals surface area contributed by atoms with E-state index >= 15 is 0 Å². The molecule has 0 bridgehead atoms. The molecule has 2 rings (SSSR count). The summed E-state index contributed by atoms with van der Waals surface area (Å²) in [5.74, 6) is -0.351. The Labute approximate surface area is 118 Å². The van der Waals surface area contributed by atoms with Gasteiger partial charge in [-0.05, 0) is 30.2 Å². The molecular weight excluding hydrogens is 278 g/mol. The van der Waals surface area contributed by atoms with Crippen molar-refractivity contribution < 1.29 is 13.2 Å². The third-order valence-corrected chi connectivity index (χ3v) is 3.86. The lowest BCUT2D eigenvalue weighted by Crippen LogP contribution is -2.36. The number of nitrogens with one attached hydrogen (secondary N) is 2. The molecule has 1 aliphatic rings. The standard InChI is InChI=1S/C13H17N3O3S/c1-9(11-6-15-7-11)13(17)16-12-4-2-10(3-5-12)8-20(14,18)19/h2-5,15H,6-8H2,1H3,(H,16,17)(H2,14,18,19). The molecule has 1 saturated heterocycles. The minimum Gasteiger partial charge on any atom is -0.322 e. The van der Waals surface area contributed by atoms with Gasteiger partial charge < -0.3 is 10.6 Å². The number of amides is 1. The second kappa shape index (κ2) is 5.74. The molecule has 0 aromatic heterocycles. The van der Waals surface area contributed by atoms with E-state index in [1.165, 1.54) is 0 Å². The Morgan fingerprint density at radius 3 is 2.35 bits per heavy atom. The molecule has 7 heteroatoms. The maximum Gasteiger partial charge on any atom is 0.251 e. The van der Waals surface area contributed by atoms with Gasteiger partial charge in [-0.3, -0.25) is 4.79 Å². The lowest BCUT2D eigenvalue weighted by Gasteiger charge is -2.21. The Balaban J connectivity index is 2.02. The minimum atomic E-state index is -3.54. The highest BCUT2D eigenvalue weighted by Gasteiger charge is 2.16. The molecule has 0 aliphatic carbocycles. The normalized spacial score (nSPS) is 14.6. The molecule has 1 fully saturated rings. The number of rotatable bonds is 4. The topological polar surface area (TPSA) is 101 Å². The van der Waals surface area contributed by atoms with Crippen LogP contribution >= 0.6 is 0 Å². The van der Waals surface area contributed by atoms with Gasteiger partial charge in [-0.2, -0.15) is 0 Å². The number of hydrogen-bond acceptors (Lipinski definition) is 4. The van der Waals surface area contributed by atoms with Crippen molar-refractivity contribution in [2.45, 2.75) is 12.7 Å². The van der Waals surface area contributed by atoms with Gasteiger partial charge in [0.25, 0.3) is 5.91 Å². The monoisotopic (exact) mass is 295 g/mol. The number of primary sulfonamides is 1. The largest absolute Gasteiger partial charge is 0.322 e. The predicted octanol–water partition coefficient (Wildman–Crippen LogP) is 0.333. The summed E-state index contributed by atoms with van der Waals surface area (Å²) >= 11 is 0. The van der Waals surface area contributed by atoms with Crippen LogP contribution in [-0.2, 0) is 20.6 Å². The highest BCUT2D eigenvalue weighted by atomic mass is 32.2. The molecule has 6 nitrogen and oxygen atoms in total. The van der Waals surface area contributed by atoms with Crippen molar-refractivity contribution in [1.29, 1.82) is 0 Å². The summed E-state index contributed by atoms with van der Waals surface area (Å²) in [6.45, 7) is 3.31. The summed E-state index contributed by atoms with van der Waals surface area (Å²) in [4.78, 5) is 11.9. The number of carbonyl (C=O) groups excluding carboxylic acids is 1. The fourth-order valence-electron chi connectivity index (χ4n) is 1.82. The first-order valence-corrected chi connectivity index (χ1v) is 7.87. The van der Waals surface area contributed by atoms with Crippen LogP contribution < -0.4 is 15.8 Å². The molecular formula is C13H17N3O3S. The summed E-state index contributed by atoms with van der Waals surface area (Å²) in [6.07, 6.45) is 0. The van der Waals surface area contributed by atoms with Gasteiger partial charge in [-0.1, -0.05) is 12.1 Å². The minimum absolute atomic E-state index is 0.138. The predicted molar refractivity (Wildman–Crippen MR) is 77.5 cm³/mol. The highest BCUT2D eigenvalue weighted by molar-refractivity contribution is 7.88. The van der Waals surface area contributed by atoms with Crippen LogP contribution in [-0.4, -0.2) is 27.4 Å². The number of benzene rings is 1. The van der Waals surface area contributed by atoms with E-state index in [1.807, 2.05) is 0 Å². The van der Waals surface area contributed by atoms with Crippen molar-refractivity contribution >= 4 is 21.6 Å². The van der Waals surface area contributed by atoms with E-state index in [0.29, 0.717) is 11.3 Å². The molecule has 1 aromatic carbocycles. The molecule has 0 radical (unpaired) electrons. The van der Waals surface area contributed by atoms with Crippen molar-refractivity contribution in [2.75, 3.05) is 18.4 Å². The maximum absolute atomic E-state index is 11.9. The molecule has 0 spiro atoms. The van der Waals surface area contributed by atoms with Crippen LogP contribution in [0.5, 0.6) is 0 Å². The first kappa shape index (κ1) is 14.7. The van der Waals surface area contributed by atoms with E-state index in [1.54, 1.807) is 31.2 Å². The van der Waals surface area contributed by atoms with Gasteiger partial charge >= 0.3 is 0 Å². The van der Waals surface area contributed by atoms with Gasteiger partial charge in [0.1, 0.15) is 0 Å². The lowest BCUT2D eigenvalue weighted by atomic mass is 10.0. The Morgan fingerprint density at radius 1 is 1.30 bits per heavy atom. The lowest BCUT2D eigenvalue weighted by molar-refractivity contribution is -0.112. The molecule has 4 N–H and O–H groups in total. The Kier molecular flexibility index (Phi) is 4.22. The smallest absolute Gasteiger partial charge is 0.251 e. The summed E-state index contributed by atoms with van der Waals surface area (Å²) in [7, 11) is -3.54. The highest BCUT2D eigenvalue weighted by Crippen LogP contribution is 2.14. The van der Waals surface area contributed by atoms with E-state index in [-0.39, 0.29) is 11.7 Å². The van der Waals surface area contributed by atoms with E-state index < -0.39 is 10.0 Å². The third-order valence-electron chi connectivity index (χ3n) is 3.13. The van der Waals surface area contributed by atoms with Crippen LogP contribution in [0.1, 0.15) is 12.5 Å². The molecule has 1 aliphatic heterocycles. The van der Waals surface area contributed by atoms with E-state index in [4.69, 9.17) is 5.14 Å². The number of sulfonamides is 1. The maximum atomic E-state index is 11.9. The van der Waals surface area contributed by atoms with Crippen LogP contribution in [0.25, 0.3) is 0 Å². The molecule has 20 heavy (non-hydrogen) atoms. The van der Waals surface area contributed by atoms with Gasteiger partial charge in [-0.25, -0.2) is 13.6 Å². The Morgan fingerprint density at radius 2 is 1.90 bits per heavy atom. The van der Waals surface area contributed by atoms with Crippen LogP contribution in [0.2, 0.25) is 0 Å². The third kappa shape index (κ3) is 3.89. The van der Waals surface area contributed by atoms with Crippen molar-refractivity contribution in [3.05, 3.63) is 41.0 Å². The van der Waals surface area contributed by atoms with Gasteiger partial charge in [0.05, 0.1) is 5.75 Å². The average molecular weight is 295 g/mol. The zero-order valence-electron chi connectivity index (χ0n) is 11.1. The van der Waals surface area contributed by atoms with Gasteiger partial charge in [0.15, 0.2) is 0 Å². The quantitative estimate of drug-likeness (QED) is 0.697. The van der Waals surface area contributed by atoms with Crippen molar-refractivity contribution in [3.63, 3.8) is 0 Å². The van der Waals surface area contributed by atoms with Gasteiger partial charge in [0, 0.05) is 24.4 Å². The van der Waals surface area contributed by atoms with Gasteiger partial charge in [-0.15, -0.1) is 0 Å². The van der Waals surface area contributed by atoms with Crippen LogP contribution in [0.15, 0.2) is 35.4 Å². The Bertz CT molecular complexity index is 642. The van der Waals surface area contributed by atoms with Crippen molar-refractivity contribution in [3.8, 4) is 0 Å². The van der Waals surface area contributed by atoms with E-state index in [2.05, 4.69) is 10.6 Å². The summed E-state index contributed by atoms with van der Waals surface area (Å²) in [6, 6.07) is 6.59. The molecule has 108 valence electrons. The number of anilines is 1. The second-order valence-electron chi connectivity index (χ2n) is 4.79. The SMILES string of the molecule is CC(C(=O)Nc1ccc(CS(N)(=O)=O)cc1)=C1CNC1.